The fraction of sp³-hybridized carbons (Fsp3) is 1.00. The minimum Gasteiger partial charge on any atom is -0.594 e. The highest BCUT2D eigenvalue weighted by atomic mass is 15.5. The molecule has 1 rings (SSSR count). The molecule has 1 aliphatic rings. The first kappa shape index (κ1) is 5.06. The molecule has 1 unspecified atom stereocenters. The molecule has 42 valence electrons. The largest absolute Gasteiger partial charge is 0.594 e. The lowest BCUT2D eigenvalue weighted by atomic mass is 10.3. The van der Waals surface area contributed by atoms with Crippen molar-refractivity contribution in [1.29, 1.82) is 0 Å². The normalized spacial score (nSPS) is 34.3. The summed E-state index contributed by atoms with van der Waals surface area (Å²) in [7, 11) is 2.03. The zero-order valence-electron chi connectivity index (χ0n) is 4.89. The van der Waals surface area contributed by atoms with E-state index in [0.717, 1.165) is 6.54 Å². The molecule has 1 fully saturated rings. The molecule has 0 spiro atoms. The molecule has 1 atom stereocenters. The average molecular weight is 99.2 g/mol. The Bertz CT molecular complexity index is 55.1. The van der Waals surface area contributed by atoms with Crippen LogP contribution in [0, 0.1) is 0 Å². The SMILES string of the molecule is CC1CC[N-]N1C. The van der Waals surface area contributed by atoms with Gasteiger partial charge in [-0.1, -0.05) is 13.3 Å². The summed E-state index contributed by atoms with van der Waals surface area (Å²) < 4.78 is 0. The molecule has 1 heterocycles. The minimum absolute atomic E-state index is 0.681. The standard InChI is InChI=1S/C5H11N2/c1-5-3-4-6-7(5)2/h5H,3-4H2,1-2H3/q-1. The van der Waals surface area contributed by atoms with Gasteiger partial charge in [0.1, 0.15) is 0 Å². The Labute approximate surface area is 44.5 Å². The highest BCUT2D eigenvalue weighted by Gasteiger charge is 2.03. The van der Waals surface area contributed by atoms with Gasteiger partial charge >= 0.3 is 0 Å². The maximum absolute atomic E-state index is 4.15. The summed E-state index contributed by atoms with van der Waals surface area (Å²) >= 11 is 0. The molecule has 0 saturated carbocycles. The number of hydrogen-bond donors (Lipinski definition) is 0. The van der Waals surface area contributed by atoms with Crippen molar-refractivity contribution < 1.29 is 0 Å². The van der Waals surface area contributed by atoms with Crippen molar-refractivity contribution in [1.82, 2.24) is 5.01 Å². The van der Waals surface area contributed by atoms with Crippen molar-refractivity contribution in [3.05, 3.63) is 5.43 Å². The van der Waals surface area contributed by atoms with E-state index >= 15 is 0 Å². The first-order valence-electron chi connectivity index (χ1n) is 2.71. The lowest BCUT2D eigenvalue weighted by molar-refractivity contribution is 0.377. The van der Waals surface area contributed by atoms with Crippen molar-refractivity contribution in [3.63, 3.8) is 0 Å². The van der Waals surface area contributed by atoms with Gasteiger partial charge in [0.05, 0.1) is 0 Å². The van der Waals surface area contributed by atoms with Crippen LogP contribution in [0.4, 0.5) is 0 Å². The molecule has 7 heavy (non-hydrogen) atoms. The summed E-state index contributed by atoms with van der Waals surface area (Å²) in [6.07, 6.45) is 1.23. The van der Waals surface area contributed by atoms with Gasteiger partial charge in [-0.25, -0.2) is 0 Å². The maximum atomic E-state index is 4.15. The van der Waals surface area contributed by atoms with E-state index in [0.29, 0.717) is 6.04 Å². The van der Waals surface area contributed by atoms with Crippen LogP contribution in [-0.4, -0.2) is 24.6 Å². The second-order valence-corrected chi connectivity index (χ2v) is 2.08. The lowest BCUT2D eigenvalue weighted by Crippen LogP contribution is -2.16. The second-order valence-electron chi connectivity index (χ2n) is 2.08. The minimum atomic E-state index is 0.681. The van der Waals surface area contributed by atoms with Gasteiger partial charge in [0.2, 0.25) is 0 Å². The fourth-order valence-corrected chi connectivity index (χ4v) is 0.729. The molecule has 0 aromatic rings. The number of rotatable bonds is 0. The van der Waals surface area contributed by atoms with Gasteiger partial charge in [0.15, 0.2) is 0 Å². The summed E-state index contributed by atoms with van der Waals surface area (Å²) in [4.78, 5) is 0. The van der Waals surface area contributed by atoms with Crippen LogP contribution in [0.3, 0.4) is 0 Å². The molecule has 0 aromatic heterocycles. The summed E-state index contributed by atoms with van der Waals surface area (Å²) in [6.45, 7) is 3.22. The van der Waals surface area contributed by atoms with E-state index in [-0.39, 0.29) is 0 Å². The average Bonchev–Trinajstić information content (AvgIpc) is 1.91. The van der Waals surface area contributed by atoms with E-state index in [1.165, 1.54) is 6.42 Å². The maximum Gasteiger partial charge on any atom is -0.0125 e. The first-order valence-corrected chi connectivity index (χ1v) is 2.71. The number of hydrogen-bond acceptors (Lipinski definition) is 1. The third-order valence-corrected chi connectivity index (χ3v) is 1.51. The summed E-state index contributed by atoms with van der Waals surface area (Å²) in [5.41, 5.74) is 4.15. The highest BCUT2D eigenvalue weighted by Crippen LogP contribution is 2.14. The molecule has 2 heteroatoms. The lowest BCUT2D eigenvalue weighted by Gasteiger charge is -2.27. The molecule has 0 bridgehead atoms. The van der Waals surface area contributed by atoms with Crippen molar-refractivity contribution in [2.24, 2.45) is 0 Å². The molecule has 1 aliphatic heterocycles. The summed E-state index contributed by atoms with van der Waals surface area (Å²) in [6, 6.07) is 0.681. The van der Waals surface area contributed by atoms with Crippen molar-refractivity contribution in [2.45, 2.75) is 19.4 Å². The van der Waals surface area contributed by atoms with E-state index in [1.807, 2.05) is 12.1 Å². The molecule has 0 amide bonds. The van der Waals surface area contributed by atoms with Gasteiger partial charge in [-0.05, 0) is 13.1 Å². The molecule has 0 aliphatic carbocycles. The molecule has 0 N–H and O–H groups in total. The van der Waals surface area contributed by atoms with Crippen LogP contribution in [0.25, 0.3) is 5.43 Å². The molecule has 1 saturated heterocycles. The van der Waals surface area contributed by atoms with Crippen LogP contribution in [0.15, 0.2) is 0 Å². The Morgan fingerprint density at radius 1 is 1.71 bits per heavy atom. The molecule has 0 aromatic carbocycles. The van der Waals surface area contributed by atoms with Crippen LogP contribution >= 0.6 is 0 Å². The van der Waals surface area contributed by atoms with Crippen molar-refractivity contribution in [2.75, 3.05) is 13.6 Å². The first-order chi connectivity index (χ1) is 3.30. The topological polar surface area (TPSA) is 17.3 Å². The van der Waals surface area contributed by atoms with Gasteiger partial charge in [0.25, 0.3) is 0 Å². The number of nitrogens with zero attached hydrogens (tertiary/aromatic N) is 2. The third-order valence-electron chi connectivity index (χ3n) is 1.51. The van der Waals surface area contributed by atoms with Gasteiger partial charge in [-0.15, -0.1) is 6.54 Å². The van der Waals surface area contributed by atoms with Crippen LogP contribution in [0.2, 0.25) is 0 Å². The second kappa shape index (κ2) is 1.80. The van der Waals surface area contributed by atoms with Gasteiger partial charge in [-0.2, -0.15) is 0 Å². The predicted molar refractivity (Wildman–Crippen MR) is 30.1 cm³/mol. The van der Waals surface area contributed by atoms with Gasteiger partial charge in [-0.3, -0.25) is 0 Å². The monoisotopic (exact) mass is 99.1 g/mol. The van der Waals surface area contributed by atoms with Crippen LogP contribution < -0.4 is 0 Å². The van der Waals surface area contributed by atoms with E-state index in [2.05, 4.69) is 12.3 Å². The fourth-order valence-electron chi connectivity index (χ4n) is 0.729. The Balaban J connectivity index is 2.33. The predicted octanol–water partition coefficient (Wildman–Crippen LogP) is 0.999. The Morgan fingerprint density at radius 2 is 2.43 bits per heavy atom. The quantitative estimate of drug-likeness (QED) is 0.443. The Kier molecular flexibility index (Phi) is 1.30. The smallest absolute Gasteiger partial charge is 0.0125 e. The van der Waals surface area contributed by atoms with E-state index < -0.39 is 0 Å². The summed E-state index contributed by atoms with van der Waals surface area (Å²) in [5, 5.41) is 2.03. The Morgan fingerprint density at radius 3 is 2.57 bits per heavy atom. The highest BCUT2D eigenvalue weighted by molar-refractivity contribution is 4.87. The van der Waals surface area contributed by atoms with Crippen molar-refractivity contribution in [3.8, 4) is 0 Å². The van der Waals surface area contributed by atoms with E-state index in [1.54, 1.807) is 0 Å². The summed E-state index contributed by atoms with van der Waals surface area (Å²) in [5.74, 6) is 0. The van der Waals surface area contributed by atoms with Crippen LogP contribution in [0.5, 0.6) is 0 Å². The van der Waals surface area contributed by atoms with Crippen LogP contribution in [-0.2, 0) is 0 Å². The van der Waals surface area contributed by atoms with Crippen molar-refractivity contribution >= 4 is 0 Å². The molecule has 2 nitrogen and oxygen atoms in total. The van der Waals surface area contributed by atoms with Crippen LogP contribution in [0.1, 0.15) is 13.3 Å². The van der Waals surface area contributed by atoms with Gasteiger partial charge in [0, 0.05) is 0 Å². The van der Waals surface area contributed by atoms with E-state index in [9.17, 15) is 0 Å². The zero-order valence-corrected chi connectivity index (χ0v) is 4.89. The zero-order chi connectivity index (χ0) is 5.28. The third kappa shape index (κ3) is 0.924. The molecular weight excluding hydrogens is 88.1 g/mol. The Hall–Kier alpha value is -0.0800. The molecular formula is C5H11N2-. The van der Waals surface area contributed by atoms with Gasteiger partial charge < -0.3 is 10.4 Å². The van der Waals surface area contributed by atoms with E-state index in [4.69, 9.17) is 0 Å². The molecule has 0 radical (unpaired) electrons.